The summed E-state index contributed by atoms with van der Waals surface area (Å²) in [7, 11) is 0. The van der Waals surface area contributed by atoms with Gasteiger partial charge in [-0.1, -0.05) is 6.07 Å². The fourth-order valence-corrected chi connectivity index (χ4v) is 2.40. The van der Waals surface area contributed by atoms with E-state index in [2.05, 4.69) is 0 Å². The molecular weight excluding hydrogens is 308 g/mol. The van der Waals surface area contributed by atoms with Crippen molar-refractivity contribution in [2.45, 2.75) is 23.5 Å². The summed E-state index contributed by atoms with van der Waals surface area (Å²) in [6, 6.07) is 4.28. The molecule has 0 N–H and O–H groups in total. The largest absolute Gasteiger partial charge is 0.444 e. The standard InChI is InChI=1S/C11H9F6NOS/c12-10(13,14)7-2-1-3-8(6-7)18-5-4-9(19-18)20-11(15,16)17/h1-3,6,9H,4-5H2. The zero-order valence-electron chi connectivity index (χ0n) is 9.83. The van der Waals surface area contributed by atoms with E-state index in [-0.39, 0.29) is 30.4 Å². The van der Waals surface area contributed by atoms with Gasteiger partial charge in [0.2, 0.25) is 0 Å². The molecule has 0 bridgehead atoms. The van der Waals surface area contributed by atoms with Crippen LogP contribution < -0.4 is 5.06 Å². The molecule has 2 nitrogen and oxygen atoms in total. The van der Waals surface area contributed by atoms with Gasteiger partial charge in [0.1, 0.15) is 5.44 Å². The average Bonchev–Trinajstić information content (AvgIpc) is 2.74. The normalized spacial score (nSPS) is 20.5. The number of hydrogen-bond acceptors (Lipinski definition) is 3. The van der Waals surface area contributed by atoms with Gasteiger partial charge in [0.25, 0.3) is 0 Å². The molecule has 0 amide bonds. The molecule has 1 aromatic rings. The Balaban J connectivity index is 2.07. The Kier molecular flexibility index (Phi) is 4.10. The number of benzene rings is 1. The van der Waals surface area contributed by atoms with Gasteiger partial charge >= 0.3 is 11.7 Å². The second-order valence-corrected chi connectivity index (χ2v) is 5.26. The number of halogens is 6. The maximum atomic E-state index is 12.5. The van der Waals surface area contributed by atoms with Gasteiger partial charge in [-0.3, -0.25) is 9.90 Å². The minimum absolute atomic E-state index is 0.0838. The predicted octanol–water partition coefficient (Wildman–Crippen LogP) is 4.43. The first-order valence-electron chi connectivity index (χ1n) is 5.51. The summed E-state index contributed by atoms with van der Waals surface area (Å²) in [6.07, 6.45) is -4.42. The third kappa shape index (κ3) is 3.95. The van der Waals surface area contributed by atoms with E-state index >= 15 is 0 Å². The van der Waals surface area contributed by atoms with Crippen LogP contribution in [0.1, 0.15) is 12.0 Å². The van der Waals surface area contributed by atoms with E-state index in [1.807, 2.05) is 0 Å². The topological polar surface area (TPSA) is 12.5 Å². The van der Waals surface area contributed by atoms with E-state index in [1.165, 1.54) is 12.1 Å². The van der Waals surface area contributed by atoms with Gasteiger partial charge in [0, 0.05) is 13.0 Å². The summed E-state index contributed by atoms with van der Waals surface area (Å²) in [6.45, 7) is 0.106. The van der Waals surface area contributed by atoms with Crippen molar-refractivity contribution in [3.8, 4) is 0 Å². The van der Waals surface area contributed by atoms with Crippen LogP contribution >= 0.6 is 11.8 Å². The van der Waals surface area contributed by atoms with Crippen LogP contribution in [0.4, 0.5) is 32.0 Å². The Morgan fingerprint density at radius 2 is 1.85 bits per heavy atom. The van der Waals surface area contributed by atoms with Crippen molar-refractivity contribution in [3.63, 3.8) is 0 Å². The first-order valence-corrected chi connectivity index (χ1v) is 6.39. The molecule has 112 valence electrons. The van der Waals surface area contributed by atoms with Gasteiger partial charge < -0.3 is 0 Å². The second kappa shape index (κ2) is 5.36. The SMILES string of the molecule is FC(F)(F)SC1CCN(c2cccc(C(F)(F)F)c2)O1. The van der Waals surface area contributed by atoms with Crippen LogP contribution in [0.15, 0.2) is 24.3 Å². The Labute approximate surface area is 114 Å². The van der Waals surface area contributed by atoms with E-state index in [9.17, 15) is 26.3 Å². The van der Waals surface area contributed by atoms with Gasteiger partial charge in [-0.05, 0) is 30.0 Å². The molecule has 0 saturated carbocycles. The van der Waals surface area contributed by atoms with Gasteiger partial charge in [0.15, 0.2) is 0 Å². The van der Waals surface area contributed by atoms with Crippen LogP contribution in [-0.4, -0.2) is 17.5 Å². The van der Waals surface area contributed by atoms with Gasteiger partial charge in [0.05, 0.1) is 11.3 Å². The number of rotatable bonds is 2. The molecule has 2 rings (SSSR count). The zero-order valence-corrected chi connectivity index (χ0v) is 10.6. The van der Waals surface area contributed by atoms with E-state index in [0.29, 0.717) is 0 Å². The number of anilines is 1. The van der Waals surface area contributed by atoms with Gasteiger partial charge in [-0.15, -0.1) is 0 Å². The quantitative estimate of drug-likeness (QED) is 0.749. The monoisotopic (exact) mass is 317 g/mol. The lowest BCUT2D eigenvalue weighted by molar-refractivity contribution is -0.137. The Bertz CT molecular complexity index is 475. The van der Waals surface area contributed by atoms with Crippen LogP contribution in [0, 0.1) is 0 Å². The van der Waals surface area contributed by atoms with Crippen molar-refractivity contribution in [1.29, 1.82) is 0 Å². The van der Waals surface area contributed by atoms with Crippen LogP contribution in [0.3, 0.4) is 0 Å². The Morgan fingerprint density at radius 1 is 1.15 bits per heavy atom. The smallest absolute Gasteiger partial charge is 0.259 e. The summed E-state index contributed by atoms with van der Waals surface area (Å²) in [5, 5.41) is 1.05. The fraction of sp³-hybridized carbons (Fsp3) is 0.455. The minimum Gasteiger partial charge on any atom is -0.259 e. The molecule has 1 fully saturated rings. The molecule has 1 heterocycles. The molecule has 0 radical (unpaired) electrons. The highest BCUT2D eigenvalue weighted by Crippen LogP contribution is 2.40. The lowest BCUT2D eigenvalue weighted by atomic mass is 10.2. The van der Waals surface area contributed by atoms with Crippen molar-refractivity contribution < 1.29 is 31.2 Å². The molecule has 0 spiro atoms. The highest BCUT2D eigenvalue weighted by molar-refractivity contribution is 8.00. The molecule has 1 saturated heterocycles. The summed E-state index contributed by atoms with van der Waals surface area (Å²) >= 11 is -0.314. The number of hydrogen-bond donors (Lipinski definition) is 0. The van der Waals surface area contributed by atoms with Crippen LogP contribution in [0.2, 0.25) is 0 Å². The molecule has 20 heavy (non-hydrogen) atoms. The molecule has 9 heteroatoms. The second-order valence-electron chi connectivity index (χ2n) is 4.04. The Hall–Kier alpha value is -1.09. The van der Waals surface area contributed by atoms with E-state index < -0.39 is 22.7 Å². The van der Waals surface area contributed by atoms with E-state index in [1.54, 1.807) is 0 Å². The average molecular weight is 317 g/mol. The minimum atomic E-state index is -4.50. The molecule has 1 aliphatic rings. The van der Waals surface area contributed by atoms with Crippen molar-refractivity contribution in [2.24, 2.45) is 0 Å². The number of nitrogens with zero attached hydrogens (tertiary/aromatic N) is 1. The van der Waals surface area contributed by atoms with Gasteiger partial charge in [-0.2, -0.15) is 26.3 Å². The Morgan fingerprint density at radius 3 is 2.45 bits per heavy atom. The molecule has 1 aromatic carbocycles. The number of hydroxylamine groups is 1. The maximum absolute atomic E-state index is 12.5. The van der Waals surface area contributed by atoms with Crippen LogP contribution in [0.5, 0.6) is 0 Å². The first kappa shape index (κ1) is 15.3. The number of alkyl halides is 6. The lowest BCUT2D eigenvalue weighted by Crippen LogP contribution is -2.19. The molecule has 0 aliphatic carbocycles. The summed E-state index contributed by atoms with van der Waals surface area (Å²) in [4.78, 5) is 5.00. The molecule has 1 atom stereocenters. The van der Waals surface area contributed by atoms with Gasteiger partial charge in [-0.25, -0.2) is 0 Å². The third-order valence-corrected chi connectivity index (χ3v) is 3.39. The predicted molar refractivity (Wildman–Crippen MR) is 61.9 cm³/mol. The van der Waals surface area contributed by atoms with Crippen LogP contribution in [-0.2, 0) is 11.0 Å². The molecule has 0 aromatic heterocycles. The highest BCUT2D eigenvalue weighted by atomic mass is 32.2. The molecule has 1 unspecified atom stereocenters. The lowest BCUT2D eigenvalue weighted by Gasteiger charge is -2.19. The third-order valence-electron chi connectivity index (χ3n) is 2.54. The number of thioether (sulfide) groups is 1. The highest BCUT2D eigenvalue weighted by Gasteiger charge is 2.38. The van der Waals surface area contributed by atoms with Crippen molar-refractivity contribution >= 4 is 17.4 Å². The zero-order chi connectivity index (χ0) is 15.0. The van der Waals surface area contributed by atoms with Crippen LogP contribution in [0.25, 0.3) is 0 Å². The summed E-state index contributed by atoms with van der Waals surface area (Å²) in [5.41, 5.74) is -6.35. The van der Waals surface area contributed by atoms with Crippen molar-refractivity contribution in [3.05, 3.63) is 29.8 Å². The van der Waals surface area contributed by atoms with Crippen molar-refractivity contribution in [1.82, 2.24) is 0 Å². The maximum Gasteiger partial charge on any atom is 0.444 e. The summed E-state index contributed by atoms with van der Waals surface area (Å²) < 4.78 is 74.1. The van der Waals surface area contributed by atoms with Crippen molar-refractivity contribution in [2.75, 3.05) is 11.6 Å². The van der Waals surface area contributed by atoms with E-state index in [0.717, 1.165) is 17.2 Å². The first-order chi connectivity index (χ1) is 9.15. The van der Waals surface area contributed by atoms with E-state index in [4.69, 9.17) is 4.84 Å². The molecular formula is C11H9F6NOS. The summed E-state index contributed by atoms with van der Waals surface area (Å²) in [5.74, 6) is 0. The fourth-order valence-electron chi connectivity index (χ4n) is 1.73. The molecule has 1 aliphatic heterocycles.